The van der Waals surface area contributed by atoms with Crippen LogP contribution < -0.4 is 5.32 Å². The number of fused-ring (bicyclic) bond motifs is 2. The lowest BCUT2D eigenvalue weighted by Gasteiger charge is -2.24. The van der Waals surface area contributed by atoms with E-state index >= 15 is 0 Å². The van der Waals surface area contributed by atoms with Crippen LogP contribution in [0.1, 0.15) is 26.7 Å². The number of piperidine rings is 1. The molecule has 2 saturated heterocycles. The van der Waals surface area contributed by atoms with E-state index in [1.807, 2.05) is 7.05 Å². The maximum atomic E-state index is 13.2. The highest BCUT2D eigenvalue weighted by atomic mass is 19.3. The summed E-state index contributed by atoms with van der Waals surface area (Å²) in [4.78, 5) is 28.0. The van der Waals surface area contributed by atoms with Crippen molar-refractivity contribution in [1.29, 1.82) is 0 Å². The molecule has 0 radical (unpaired) electrons. The molecule has 0 aromatic rings. The number of alkyl halides is 2. The number of nitrogens with zero attached hydrogens (tertiary/aromatic N) is 2. The van der Waals surface area contributed by atoms with Crippen molar-refractivity contribution in [3.8, 4) is 0 Å². The topological polar surface area (TPSA) is 71.1 Å². The number of hydrogen-bond donors (Lipinski definition) is 1. The zero-order valence-electron chi connectivity index (χ0n) is 13.3. The molecule has 0 aliphatic carbocycles. The Labute approximate surface area is 128 Å². The van der Waals surface area contributed by atoms with Gasteiger partial charge in [0, 0.05) is 19.1 Å². The van der Waals surface area contributed by atoms with Crippen molar-refractivity contribution in [1.82, 2.24) is 15.3 Å². The second kappa shape index (κ2) is 7.68. The maximum absolute atomic E-state index is 13.2. The van der Waals surface area contributed by atoms with E-state index in [2.05, 4.69) is 28.7 Å². The van der Waals surface area contributed by atoms with Crippen molar-refractivity contribution in [2.45, 2.75) is 44.9 Å². The fourth-order valence-electron chi connectivity index (χ4n) is 2.01. The molecule has 1 N–H and O–H groups in total. The first-order valence-corrected chi connectivity index (χ1v) is 7.13. The summed E-state index contributed by atoms with van der Waals surface area (Å²) >= 11 is 0. The number of urea groups is 1. The number of ether oxygens (including phenoxy) is 1. The molecular formula is C13H23F2N3O4. The highest BCUT2D eigenvalue weighted by Gasteiger charge is 2.51. The minimum atomic E-state index is -4.14. The van der Waals surface area contributed by atoms with Crippen molar-refractivity contribution >= 4 is 12.0 Å². The lowest BCUT2D eigenvalue weighted by Crippen LogP contribution is -2.44. The van der Waals surface area contributed by atoms with Gasteiger partial charge in [-0.05, 0) is 19.9 Å². The highest BCUT2D eigenvalue weighted by molar-refractivity contribution is 5.78. The Balaban J connectivity index is 0.000000422. The molecule has 2 amide bonds. The predicted molar refractivity (Wildman–Crippen MR) is 74.1 cm³/mol. The first-order valence-electron chi connectivity index (χ1n) is 7.13. The molecule has 2 aliphatic heterocycles. The largest absolute Gasteiger partial charge is 0.477 e. The summed E-state index contributed by atoms with van der Waals surface area (Å²) in [6.45, 7) is 5.11. The van der Waals surface area contributed by atoms with Crippen molar-refractivity contribution in [2.24, 2.45) is 0 Å². The van der Waals surface area contributed by atoms with Crippen LogP contribution in [0.2, 0.25) is 0 Å². The van der Waals surface area contributed by atoms with Gasteiger partial charge in [0.05, 0.1) is 13.2 Å². The quantitative estimate of drug-likeness (QED) is 0.787. The minimum Gasteiger partial charge on any atom is -0.463 e. The van der Waals surface area contributed by atoms with Gasteiger partial charge in [0.15, 0.2) is 0 Å². The van der Waals surface area contributed by atoms with E-state index in [0.717, 1.165) is 13.5 Å². The molecule has 128 valence electrons. The molecule has 2 heterocycles. The van der Waals surface area contributed by atoms with Crippen LogP contribution in [0.5, 0.6) is 0 Å². The number of amides is 2. The van der Waals surface area contributed by atoms with Gasteiger partial charge >= 0.3 is 18.1 Å². The van der Waals surface area contributed by atoms with Gasteiger partial charge in [-0.1, -0.05) is 13.8 Å². The van der Waals surface area contributed by atoms with Gasteiger partial charge in [0.2, 0.25) is 0 Å². The van der Waals surface area contributed by atoms with Gasteiger partial charge in [-0.25, -0.2) is 9.59 Å². The Hall–Kier alpha value is -1.48. The van der Waals surface area contributed by atoms with Gasteiger partial charge in [-0.3, -0.25) is 0 Å². The molecule has 0 spiro atoms. The molecule has 1 atom stereocenters. The molecule has 0 aromatic heterocycles. The average Bonchev–Trinajstić information content (AvgIpc) is 2.70. The standard InChI is InChI=1S/C9H12F2N2O4.C4H11N/c1-16-7(14)9(10,11)17-13-6-3-2-4-12(5-6)8(13)15;1-4(2)5-3/h6H,2-5H2,1H3;4-5H,1-3H3. The number of hydroxylamine groups is 2. The first-order chi connectivity index (χ1) is 10.2. The lowest BCUT2D eigenvalue weighted by molar-refractivity contribution is -0.328. The van der Waals surface area contributed by atoms with Crippen LogP contribution in [0, 0.1) is 0 Å². The molecular weight excluding hydrogens is 300 g/mol. The number of esters is 1. The average molecular weight is 323 g/mol. The summed E-state index contributed by atoms with van der Waals surface area (Å²) in [6.07, 6.45) is -2.82. The minimum absolute atomic E-state index is 0.357. The predicted octanol–water partition coefficient (Wildman–Crippen LogP) is 1.20. The smallest absolute Gasteiger partial charge is 0.463 e. The van der Waals surface area contributed by atoms with Crippen molar-refractivity contribution in [3.05, 3.63) is 0 Å². The molecule has 0 saturated carbocycles. The lowest BCUT2D eigenvalue weighted by atomic mass is 10.1. The molecule has 2 rings (SSSR count). The molecule has 22 heavy (non-hydrogen) atoms. The Kier molecular flexibility index (Phi) is 6.48. The number of rotatable bonds is 4. The van der Waals surface area contributed by atoms with Gasteiger partial charge in [-0.2, -0.15) is 18.7 Å². The fourth-order valence-corrected chi connectivity index (χ4v) is 2.01. The van der Waals surface area contributed by atoms with Crippen LogP contribution in [0.4, 0.5) is 13.6 Å². The Morgan fingerprint density at radius 3 is 2.50 bits per heavy atom. The van der Waals surface area contributed by atoms with Crippen LogP contribution in [0.25, 0.3) is 0 Å². The number of carbonyl (C=O) groups is 2. The van der Waals surface area contributed by atoms with Crippen LogP contribution >= 0.6 is 0 Å². The van der Waals surface area contributed by atoms with Crippen LogP contribution in [0.3, 0.4) is 0 Å². The number of nitrogens with one attached hydrogen (secondary N) is 1. The van der Waals surface area contributed by atoms with E-state index in [4.69, 9.17) is 0 Å². The molecule has 7 nitrogen and oxygen atoms in total. The van der Waals surface area contributed by atoms with Crippen LogP contribution in [-0.4, -0.2) is 67.4 Å². The summed E-state index contributed by atoms with van der Waals surface area (Å²) < 4.78 is 30.3. The van der Waals surface area contributed by atoms with Crippen molar-refractivity contribution in [3.63, 3.8) is 0 Å². The zero-order chi connectivity index (χ0) is 16.9. The number of carbonyl (C=O) groups excluding carboxylic acids is 2. The number of halogens is 2. The third-order valence-electron chi connectivity index (χ3n) is 3.40. The Morgan fingerprint density at radius 2 is 2.05 bits per heavy atom. The van der Waals surface area contributed by atoms with Crippen LogP contribution in [-0.2, 0) is 14.4 Å². The third kappa shape index (κ3) is 4.51. The maximum Gasteiger partial charge on any atom is 0.477 e. The highest BCUT2D eigenvalue weighted by Crippen LogP contribution is 2.30. The second-order valence-corrected chi connectivity index (χ2v) is 5.39. The van der Waals surface area contributed by atoms with Crippen LogP contribution in [0.15, 0.2) is 0 Å². The summed E-state index contributed by atoms with van der Waals surface area (Å²) in [5.74, 6) is -1.82. The zero-order valence-corrected chi connectivity index (χ0v) is 13.3. The van der Waals surface area contributed by atoms with Gasteiger partial charge < -0.3 is 15.0 Å². The van der Waals surface area contributed by atoms with Gasteiger partial charge in [-0.15, -0.1) is 0 Å². The van der Waals surface area contributed by atoms with E-state index in [9.17, 15) is 18.4 Å². The molecule has 2 aliphatic rings. The molecule has 0 aromatic carbocycles. The normalized spacial score (nSPS) is 20.9. The van der Waals surface area contributed by atoms with E-state index in [-0.39, 0.29) is 0 Å². The monoisotopic (exact) mass is 323 g/mol. The molecule has 2 fully saturated rings. The van der Waals surface area contributed by atoms with Gasteiger partial charge in [0.25, 0.3) is 0 Å². The fraction of sp³-hybridized carbons (Fsp3) is 0.846. The molecule has 9 heteroatoms. The second-order valence-electron chi connectivity index (χ2n) is 5.39. The SMILES string of the molecule is CNC(C)C.COC(=O)C(F)(F)ON1C(=O)N2CCCC1C2. The van der Waals surface area contributed by atoms with E-state index in [1.54, 1.807) is 0 Å². The summed E-state index contributed by atoms with van der Waals surface area (Å²) in [5, 5.41) is 3.62. The summed E-state index contributed by atoms with van der Waals surface area (Å²) in [6, 6.07) is -0.419. The Morgan fingerprint density at radius 1 is 1.45 bits per heavy atom. The van der Waals surface area contributed by atoms with Crippen molar-refractivity contribution in [2.75, 3.05) is 27.2 Å². The number of hydrogen-bond acceptors (Lipinski definition) is 5. The summed E-state index contributed by atoms with van der Waals surface area (Å²) in [5.41, 5.74) is 0. The summed E-state index contributed by atoms with van der Waals surface area (Å²) in [7, 11) is 2.78. The molecule has 1 unspecified atom stereocenters. The van der Waals surface area contributed by atoms with E-state index < -0.39 is 24.2 Å². The first kappa shape index (κ1) is 18.6. The third-order valence-corrected chi connectivity index (χ3v) is 3.40. The van der Waals surface area contributed by atoms with E-state index in [1.165, 1.54) is 4.90 Å². The van der Waals surface area contributed by atoms with Crippen molar-refractivity contribution < 1.29 is 27.9 Å². The van der Waals surface area contributed by atoms with Gasteiger partial charge in [0.1, 0.15) is 0 Å². The Bertz CT molecular complexity index is 407. The number of methoxy groups -OCH3 is 1. The molecule has 2 bridgehead atoms. The van der Waals surface area contributed by atoms with E-state index in [0.29, 0.717) is 30.6 Å².